The highest BCUT2D eigenvalue weighted by atomic mass is 35.5. The van der Waals surface area contributed by atoms with Crippen molar-refractivity contribution in [3.8, 4) is 5.75 Å². The minimum atomic E-state index is -0.704. The molecule has 1 heterocycles. The van der Waals surface area contributed by atoms with Crippen LogP contribution in [0.4, 0.5) is 5.69 Å². The van der Waals surface area contributed by atoms with Crippen LogP contribution in [-0.2, 0) is 22.7 Å². The molecule has 8 heteroatoms. The second kappa shape index (κ2) is 11.3. The summed E-state index contributed by atoms with van der Waals surface area (Å²) in [5, 5.41) is 3.92. The van der Waals surface area contributed by atoms with Gasteiger partial charge in [0.25, 0.3) is 5.91 Å². The molecule has 35 heavy (non-hydrogen) atoms. The Labute approximate surface area is 215 Å². The molecule has 6 nitrogen and oxygen atoms in total. The normalized spacial score (nSPS) is 15.4. The van der Waals surface area contributed by atoms with Gasteiger partial charge in [-0.2, -0.15) is 0 Å². The van der Waals surface area contributed by atoms with Crippen molar-refractivity contribution in [2.24, 2.45) is 0 Å². The van der Waals surface area contributed by atoms with Crippen molar-refractivity contribution < 1.29 is 14.3 Å². The quantitative estimate of drug-likeness (QED) is 0.400. The van der Waals surface area contributed by atoms with E-state index in [-0.39, 0.29) is 18.2 Å². The maximum atomic E-state index is 13.5. The Hall–Kier alpha value is -3.42. The number of thiocarbonyl (C=S) groups is 1. The van der Waals surface area contributed by atoms with Crippen molar-refractivity contribution in [3.05, 3.63) is 95.0 Å². The Morgan fingerprint density at radius 3 is 2.29 bits per heavy atom. The van der Waals surface area contributed by atoms with Gasteiger partial charge in [-0.25, -0.2) is 0 Å². The van der Waals surface area contributed by atoms with Crippen LogP contribution in [0.1, 0.15) is 24.5 Å². The molecular formula is C27H26ClN3O3S. The lowest BCUT2D eigenvalue weighted by Crippen LogP contribution is -2.37. The fourth-order valence-corrected chi connectivity index (χ4v) is 4.43. The SMILES string of the molecule is CCOc1ccc(NC(=O)CC2C(=O)N(Cc3ccccc3)C(=S)N2Cc2ccc(Cl)cc2)cc1. The second-order valence-electron chi connectivity index (χ2n) is 8.17. The molecule has 1 atom stereocenters. The van der Waals surface area contributed by atoms with Gasteiger partial charge in [0.1, 0.15) is 11.8 Å². The predicted molar refractivity (Wildman–Crippen MR) is 141 cm³/mol. The third-order valence-corrected chi connectivity index (χ3v) is 6.39. The average Bonchev–Trinajstić information content (AvgIpc) is 3.06. The number of nitrogens with zero attached hydrogens (tertiary/aromatic N) is 2. The summed E-state index contributed by atoms with van der Waals surface area (Å²) in [7, 11) is 0. The highest BCUT2D eigenvalue weighted by Crippen LogP contribution is 2.26. The van der Waals surface area contributed by atoms with E-state index in [0.717, 1.165) is 16.9 Å². The minimum absolute atomic E-state index is 0.0228. The minimum Gasteiger partial charge on any atom is -0.494 e. The molecule has 2 amide bonds. The number of carbonyl (C=O) groups excluding carboxylic acids is 2. The van der Waals surface area contributed by atoms with E-state index in [1.165, 1.54) is 0 Å². The molecule has 1 aliphatic rings. The van der Waals surface area contributed by atoms with Crippen LogP contribution >= 0.6 is 23.8 Å². The predicted octanol–water partition coefficient (Wildman–Crippen LogP) is 5.27. The van der Waals surface area contributed by atoms with Crippen molar-refractivity contribution in [1.29, 1.82) is 0 Å². The number of hydrogen-bond donors (Lipinski definition) is 1. The molecule has 0 saturated carbocycles. The Balaban J connectivity index is 1.52. The first-order valence-electron chi connectivity index (χ1n) is 11.4. The number of nitrogens with one attached hydrogen (secondary N) is 1. The second-order valence-corrected chi connectivity index (χ2v) is 8.97. The van der Waals surface area contributed by atoms with Crippen LogP contribution in [0.15, 0.2) is 78.9 Å². The molecule has 0 aromatic heterocycles. The summed E-state index contributed by atoms with van der Waals surface area (Å²) < 4.78 is 5.45. The van der Waals surface area contributed by atoms with E-state index in [9.17, 15) is 9.59 Å². The number of ether oxygens (including phenoxy) is 1. The third-order valence-electron chi connectivity index (χ3n) is 5.68. The lowest BCUT2D eigenvalue weighted by atomic mass is 10.1. The van der Waals surface area contributed by atoms with Gasteiger partial charge < -0.3 is 15.0 Å². The largest absolute Gasteiger partial charge is 0.494 e. The van der Waals surface area contributed by atoms with Gasteiger partial charge in [-0.1, -0.05) is 54.1 Å². The summed E-state index contributed by atoms with van der Waals surface area (Å²) >= 11 is 11.8. The summed E-state index contributed by atoms with van der Waals surface area (Å²) in [6.07, 6.45) is -0.0228. The smallest absolute Gasteiger partial charge is 0.252 e. The van der Waals surface area contributed by atoms with Gasteiger partial charge in [0.05, 0.1) is 19.6 Å². The Bertz CT molecular complexity index is 1190. The summed E-state index contributed by atoms with van der Waals surface area (Å²) in [5.41, 5.74) is 2.55. The Kier molecular flexibility index (Phi) is 8.00. The zero-order valence-corrected chi connectivity index (χ0v) is 20.9. The maximum Gasteiger partial charge on any atom is 0.252 e. The number of amides is 2. The van der Waals surface area contributed by atoms with Crippen LogP contribution in [-0.4, -0.2) is 39.4 Å². The molecule has 0 bridgehead atoms. The Morgan fingerprint density at radius 2 is 1.63 bits per heavy atom. The summed E-state index contributed by atoms with van der Waals surface area (Å²) in [6, 6.07) is 23.5. The maximum absolute atomic E-state index is 13.5. The summed E-state index contributed by atoms with van der Waals surface area (Å²) in [5.74, 6) is 0.278. The molecule has 3 aromatic rings. The molecule has 1 N–H and O–H groups in total. The van der Waals surface area contributed by atoms with Crippen LogP contribution in [0.25, 0.3) is 0 Å². The Morgan fingerprint density at radius 1 is 0.971 bits per heavy atom. The highest BCUT2D eigenvalue weighted by molar-refractivity contribution is 7.80. The van der Waals surface area contributed by atoms with E-state index >= 15 is 0 Å². The molecule has 1 aliphatic heterocycles. The van der Waals surface area contributed by atoms with E-state index in [1.54, 1.807) is 41.3 Å². The van der Waals surface area contributed by atoms with Gasteiger partial charge in [0.2, 0.25) is 5.91 Å². The number of carbonyl (C=O) groups is 2. The van der Waals surface area contributed by atoms with Crippen LogP contribution in [0.2, 0.25) is 5.02 Å². The lowest BCUT2D eigenvalue weighted by molar-refractivity contribution is -0.131. The molecule has 0 aliphatic carbocycles. The monoisotopic (exact) mass is 507 g/mol. The number of benzene rings is 3. The first kappa shape index (κ1) is 24.7. The highest BCUT2D eigenvalue weighted by Gasteiger charge is 2.43. The van der Waals surface area contributed by atoms with Gasteiger partial charge in [0.15, 0.2) is 5.11 Å². The lowest BCUT2D eigenvalue weighted by Gasteiger charge is -2.24. The number of hydrogen-bond acceptors (Lipinski definition) is 4. The molecule has 1 saturated heterocycles. The molecule has 0 spiro atoms. The molecule has 180 valence electrons. The van der Waals surface area contributed by atoms with E-state index in [1.807, 2.05) is 54.3 Å². The fraction of sp³-hybridized carbons (Fsp3) is 0.222. The van der Waals surface area contributed by atoms with E-state index < -0.39 is 6.04 Å². The molecule has 3 aromatic carbocycles. The fourth-order valence-electron chi connectivity index (χ4n) is 3.96. The first-order valence-corrected chi connectivity index (χ1v) is 12.2. The van der Waals surface area contributed by atoms with Crippen LogP contribution in [0.3, 0.4) is 0 Å². The summed E-state index contributed by atoms with van der Waals surface area (Å²) in [6.45, 7) is 3.23. The van der Waals surface area contributed by atoms with Crippen molar-refractivity contribution in [3.63, 3.8) is 0 Å². The van der Waals surface area contributed by atoms with Crippen molar-refractivity contribution in [2.45, 2.75) is 32.5 Å². The van der Waals surface area contributed by atoms with E-state index in [2.05, 4.69) is 5.32 Å². The van der Waals surface area contributed by atoms with Crippen molar-refractivity contribution >= 4 is 46.4 Å². The number of anilines is 1. The van der Waals surface area contributed by atoms with Crippen molar-refractivity contribution in [2.75, 3.05) is 11.9 Å². The molecule has 0 radical (unpaired) electrons. The molecule has 1 unspecified atom stereocenters. The van der Waals surface area contributed by atoms with Crippen LogP contribution < -0.4 is 10.1 Å². The molecule has 1 fully saturated rings. The zero-order chi connectivity index (χ0) is 24.8. The van der Waals surface area contributed by atoms with Gasteiger partial charge >= 0.3 is 0 Å². The topological polar surface area (TPSA) is 61.9 Å². The standard InChI is InChI=1S/C27H26ClN3O3S/c1-2-34-23-14-12-22(13-15-23)29-25(32)16-24-26(33)31(18-19-6-4-3-5-7-19)27(35)30(24)17-20-8-10-21(28)11-9-20/h3-15,24H,2,16-18H2,1H3,(H,29,32). The van der Waals surface area contributed by atoms with Gasteiger partial charge in [-0.3, -0.25) is 14.5 Å². The summed E-state index contributed by atoms with van der Waals surface area (Å²) in [4.78, 5) is 29.8. The number of halogens is 1. The number of rotatable bonds is 9. The average molecular weight is 508 g/mol. The third kappa shape index (κ3) is 6.18. The van der Waals surface area contributed by atoms with Gasteiger partial charge in [-0.15, -0.1) is 0 Å². The van der Waals surface area contributed by atoms with Crippen LogP contribution in [0.5, 0.6) is 5.75 Å². The van der Waals surface area contributed by atoms with Crippen LogP contribution in [0, 0.1) is 0 Å². The van der Waals surface area contributed by atoms with E-state index in [0.29, 0.717) is 35.5 Å². The van der Waals surface area contributed by atoms with Gasteiger partial charge in [-0.05, 0) is 66.7 Å². The molecular weight excluding hydrogens is 482 g/mol. The van der Waals surface area contributed by atoms with Gasteiger partial charge in [0, 0.05) is 17.3 Å². The van der Waals surface area contributed by atoms with E-state index in [4.69, 9.17) is 28.6 Å². The molecule has 4 rings (SSSR count). The van der Waals surface area contributed by atoms with Crippen molar-refractivity contribution in [1.82, 2.24) is 9.80 Å². The first-order chi connectivity index (χ1) is 16.9. The zero-order valence-electron chi connectivity index (χ0n) is 19.3.